The van der Waals surface area contributed by atoms with Crippen LogP contribution < -0.4 is 14.4 Å². The molecule has 0 saturated heterocycles. The van der Waals surface area contributed by atoms with Gasteiger partial charge in [-0.2, -0.15) is 0 Å². The minimum Gasteiger partial charge on any atom is -0.497 e. The maximum absolute atomic E-state index is 14.5. The van der Waals surface area contributed by atoms with Crippen molar-refractivity contribution < 1.29 is 27.1 Å². The number of hydrogen-bond donors (Lipinski definition) is 1. The first-order valence-electron chi connectivity index (χ1n) is 14.0. The van der Waals surface area contributed by atoms with E-state index in [1.807, 2.05) is 62.4 Å². The Bertz CT molecular complexity index is 1430. The lowest BCUT2D eigenvalue weighted by molar-refractivity contribution is -0.141. The highest BCUT2D eigenvalue weighted by Gasteiger charge is 2.31. The average Bonchev–Trinajstić information content (AvgIpc) is 2.96. The Labute approximate surface area is 248 Å². The normalized spacial score (nSPS) is 12.0. The number of ether oxygens (including phenoxy) is 1. The molecule has 1 N–H and O–H groups in total. The van der Waals surface area contributed by atoms with Gasteiger partial charge in [-0.25, -0.2) is 12.8 Å². The lowest BCUT2D eigenvalue weighted by Crippen LogP contribution is -2.51. The largest absolute Gasteiger partial charge is 0.497 e. The number of carbonyl (C=O) groups is 2. The molecule has 0 aliphatic carbocycles. The van der Waals surface area contributed by atoms with E-state index in [9.17, 15) is 22.4 Å². The van der Waals surface area contributed by atoms with Gasteiger partial charge in [-0.1, -0.05) is 68.4 Å². The summed E-state index contributed by atoms with van der Waals surface area (Å²) < 4.78 is 45.9. The van der Waals surface area contributed by atoms with Crippen molar-refractivity contribution in [3.05, 3.63) is 95.8 Å². The number of nitrogens with zero attached hydrogens (tertiary/aromatic N) is 2. The van der Waals surface area contributed by atoms with Crippen LogP contribution in [0.15, 0.2) is 78.9 Å². The van der Waals surface area contributed by atoms with Gasteiger partial charge < -0.3 is 15.0 Å². The van der Waals surface area contributed by atoms with Crippen molar-refractivity contribution in [3.63, 3.8) is 0 Å². The van der Waals surface area contributed by atoms with Crippen molar-refractivity contribution in [2.75, 3.05) is 30.8 Å². The highest BCUT2D eigenvalue weighted by Crippen LogP contribution is 2.23. The van der Waals surface area contributed by atoms with Crippen LogP contribution >= 0.6 is 0 Å². The monoisotopic (exact) mass is 597 g/mol. The fourth-order valence-electron chi connectivity index (χ4n) is 4.58. The van der Waals surface area contributed by atoms with Gasteiger partial charge in [-0.3, -0.25) is 13.9 Å². The van der Waals surface area contributed by atoms with Gasteiger partial charge in [0, 0.05) is 32.5 Å². The molecule has 0 fully saturated rings. The summed E-state index contributed by atoms with van der Waals surface area (Å²) in [5.74, 6) is -0.418. The van der Waals surface area contributed by atoms with Crippen LogP contribution in [-0.4, -0.2) is 57.6 Å². The molecule has 0 aliphatic rings. The summed E-state index contributed by atoms with van der Waals surface area (Å²) in [6, 6.07) is 21.6. The van der Waals surface area contributed by atoms with Gasteiger partial charge in [-0.15, -0.1) is 0 Å². The minimum absolute atomic E-state index is 0.0484. The molecule has 3 aromatic rings. The van der Waals surface area contributed by atoms with E-state index in [4.69, 9.17) is 4.74 Å². The minimum atomic E-state index is -3.81. The van der Waals surface area contributed by atoms with E-state index in [0.29, 0.717) is 18.7 Å². The van der Waals surface area contributed by atoms with Crippen molar-refractivity contribution in [2.45, 2.75) is 45.7 Å². The summed E-state index contributed by atoms with van der Waals surface area (Å²) in [6.07, 6.45) is 1.38. The summed E-state index contributed by atoms with van der Waals surface area (Å²) in [6.45, 7) is 4.49. The molecule has 0 spiro atoms. The predicted molar refractivity (Wildman–Crippen MR) is 163 cm³/mol. The Morgan fingerprint density at radius 1 is 0.952 bits per heavy atom. The van der Waals surface area contributed by atoms with Crippen LogP contribution in [0.4, 0.5) is 10.1 Å². The molecule has 0 heterocycles. The van der Waals surface area contributed by atoms with E-state index in [1.165, 1.54) is 18.2 Å². The lowest BCUT2D eigenvalue weighted by atomic mass is 10.0. The third-order valence-corrected chi connectivity index (χ3v) is 7.90. The zero-order valence-corrected chi connectivity index (χ0v) is 25.4. The average molecular weight is 598 g/mol. The molecule has 0 bridgehead atoms. The Kier molecular flexibility index (Phi) is 11.9. The molecule has 0 saturated carbocycles. The summed E-state index contributed by atoms with van der Waals surface area (Å²) >= 11 is 0. The molecular formula is C32H40FN3O5S. The zero-order valence-electron chi connectivity index (χ0n) is 24.6. The van der Waals surface area contributed by atoms with Gasteiger partial charge in [0.05, 0.1) is 19.1 Å². The summed E-state index contributed by atoms with van der Waals surface area (Å²) in [5, 5.41) is 2.98. The van der Waals surface area contributed by atoms with Gasteiger partial charge in [0.1, 0.15) is 17.6 Å². The first-order chi connectivity index (χ1) is 20.0. The zero-order chi connectivity index (χ0) is 30.7. The van der Waals surface area contributed by atoms with E-state index in [1.54, 1.807) is 24.1 Å². The van der Waals surface area contributed by atoms with Crippen molar-refractivity contribution >= 4 is 27.5 Å². The van der Waals surface area contributed by atoms with Crippen molar-refractivity contribution in [1.29, 1.82) is 0 Å². The number of halogens is 1. The van der Waals surface area contributed by atoms with Crippen LogP contribution in [0.3, 0.4) is 0 Å². The van der Waals surface area contributed by atoms with Gasteiger partial charge in [0.25, 0.3) is 0 Å². The molecule has 0 aliphatic heterocycles. The number of rotatable bonds is 15. The molecule has 1 atom stereocenters. The van der Waals surface area contributed by atoms with Gasteiger partial charge in [0.15, 0.2) is 0 Å². The number of methoxy groups -OCH3 is 1. The molecule has 1 unspecified atom stereocenters. The number of amides is 2. The van der Waals surface area contributed by atoms with Gasteiger partial charge in [0.2, 0.25) is 21.8 Å². The molecule has 0 radical (unpaired) electrons. The third kappa shape index (κ3) is 9.58. The summed E-state index contributed by atoms with van der Waals surface area (Å²) in [5.41, 5.74) is 1.60. The Hall–Kier alpha value is -3.92. The number of para-hydroxylation sites is 1. The number of nitrogens with one attached hydrogen (secondary N) is 1. The molecule has 8 nitrogen and oxygen atoms in total. The second kappa shape index (κ2) is 15.3. The van der Waals surface area contributed by atoms with Crippen LogP contribution in [0, 0.1) is 11.7 Å². The quantitative estimate of drug-likeness (QED) is 0.272. The molecule has 42 heavy (non-hydrogen) atoms. The Morgan fingerprint density at radius 2 is 1.62 bits per heavy atom. The van der Waals surface area contributed by atoms with E-state index < -0.39 is 21.9 Å². The number of benzene rings is 3. The van der Waals surface area contributed by atoms with Crippen LogP contribution in [0.2, 0.25) is 0 Å². The van der Waals surface area contributed by atoms with E-state index in [-0.39, 0.29) is 49.4 Å². The van der Waals surface area contributed by atoms with Crippen LogP contribution in [0.25, 0.3) is 0 Å². The maximum atomic E-state index is 14.5. The van der Waals surface area contributed by atoms with E-state index in [2.05, 4.69) is 5.32 Å². The molecular weight excluding hydrogens is 557 g/mol. The van der Waals surface area contributed by atoms with Gasteiger partial charge in [-0.05, 0) is 47.7 Å². The molecule has 226 valence electrons. The summed E-state index contributed by atoms with van der Waals surface area (Å²) in [7, 11) is -2.25. The van der Waals surface area contributed by atoms with Crippen LogP contribution in [0.5, 0.6) is 5.75 Å². The smallest absolute Gasteiger partial charge is 0.243 e. The van der Waals surface area contributed by atoms with E-state index >= 15 is 0 Å². The second-order valence-electron chi connectivity index (χ2n) is 10.6. The van der Waals surface area contributed by atoms with Crippen molar-refractivity contribution in [3.8, 4) is 5.75 Å². The fraction of sp³-hybridized carbons (Fsp3) is 0.375. The number of sulfonamides is 1. The highest BCUT2D eigenvalue weighted by atomic mass is 32.2. The Balaban J connectivity index is 1.90. The molecule has 2 amide bonds. The number of hydrogen-bond acceptors (Lipinski definition) is 5. The lowest BCUT2D eigenvalue weighted by Gasteiger charge is -2.32. The maximum Gasteiger partial charge on any atom is 0.243 e. The molecule has 10 heteroatoms. The SMILES string of the molecule is COc1cccc(CN(C(=O)CCCN(c2ccccc2F)S(C)(=O)=O)C(Cc2ccccc2)C(=O)NCC(C)C)c1. The van der Waals surface area contributed by atoms with Gasteiger partial charge >= 0.3 is 0 Å². The predicted octanol–water partition coefficient (Wildman–Crippen LogP) is 4.79. The highest BCUT2D eigenvalue weighted by molar-refractivity contribution is 7.92. The number of anilines is 1. The van der Waals surface area contributed by atoms with Crippen LogP contribution in [-0.2, 0) is 32.6 Å². The summed E-state index contributed by atoms with van der Waals surface area (Å²) in [4.78, 5) is 29.0. The van der Waals surface area contributed by atoms with Crippen LogP contribution in [0.1, 0.15) is 37.8 Å². The molecule has 3 aromatic carbocycles. The fourth-order valence-corrected chi connectivity index (χ4v) is 5.55. The first-order valence-corrected chi connectivity index (χ1v) is 15.8. The Morgan fingerprint density at radius 3 is 2.26 bits per heavy atom. The number of carbonyl (C=O) groups excluding carboxylic acids is 2. The standard InChI is InChI=1S/C32H40FN3O5S/c1-24(2)22-34-32(38)30(21-25-12-6-5-7-13-25)35(23-26-14-10-15-27(20-26)41-3)31(37)18-11-19-36(42(4,39)40)29-17-9-8-16-28(29)33/h5-10,12-17,20,24,30H,11,18-19,21-23H2,1-4H3,(H,34,38). The van der Waals surface area contributed by atoms with Crippen molar-refractivity contribution in [2.24, 2.45) is 5.92 Å². The first kappa shape index (κ1) is 32.6. The molecule has 0 aromatic heterocycles. The van der Waals surface area contributed by atoms with E-state index in [0.717, 1.165) is 21.7 Å². The third-order valence-electron chi connectivity index (χ3n) is 6.72. The van der Waals surface area contributed by atoms with Crippen molar-refractivity contribution in [1.82, 2.24) is 10.2 Å². The molecule has 3 rings (SSSR count). The topological polar surface area (TPSA) is 96.0 Å². The second-order valence-corrected chi connectivity index (χ2v) is 12.5.